The van der Waals surface area contributed by atoms with Crippen molar-refractivity contribution in [1.82, 2.24) is 19.8 Å². The van der Waals surface area contributed by atoms with Gasteiger partial charge in [-0.05, 0) is 32.4 Å². The molecular weight excluding hydrogens is 248 g/mol. The van der Waals surface area contributed by atoms with Crippen molar-refractivity contribution in [2.75, 3.05) is 26.2 Å². The van der Waals surface area contributed by atoms with Crippen molar-refractivity contribution < 1.29 is 0 Å². The van der Waals surface area contributed by atoms with Crippen molar-refractivity contribution in [1.29, 1.82) is 0 Å². The highest BCUT2D eigenvalue weighted by Gasteiger charge is 2.30. The number of rotatable bonds is 2. The largest absolute Gasteiger partial charge is 0.298 e. The number of nitrogens with zero attached hydrogens (tertiary/aromatic N) is 4. The summed E-state index contributed by atoms with van der Waals surface area (Å²) in [5.41, 5.74) is 0.949. The van der Waals surface area contributed by atoms with Gasteiger partial charge in [0.1, 0.15) is 11.0 Å². The monoisotopic (exact) mass is 266 g/mol. The minimum atomic E-state index is 0.553. The molecule has 3 rings (SSSR count). The van der Waals surface area contributed by atoms with Gasteiger partial charge in [-0.2, -0.15) is 0 Å². The first-order chi connectivity index (χ1) is 8.70. The van der Waals surface area contributed by atoms with E-state index >= 15 is 0 Å². The third-order valence-corrected chi connectivity index (χ3v) is 4.10. The molecule has 4 nitrogen and oxygen atoms in total. The first kappa shape index (κ1) is 12.3. The van der Waals surface area contributed by atoms with Crippen LogP contribution < -0.4 is 0 Å². The van der Waals surface area contributed by atoms with Crippen LogP contribution in [0.5, 0.6) is 0 Å². The number of aromatic nitrogens is 2. The van der Waals surface area contributed by atoms with Crippen molar-refractivity contribution in [2.45, 2.75) is 32.4 Å². The molecule has 2 aliphatic heterocycles. The average Bonchev–Trinajstić information content (AvgIpc) is 2.74. The Labute approximate surface area is 113 Å². The number of hydrogen-bond donors (Lipinski definition) is 0. The Morgan fingerprint density at radius 1 is 1.33 bits per heavy atom. The molecule has 0 saturated carbocycles. The second kappa shape index (κ2) is 5.11. The van der Waals surface area contributed by atoms with Crippen LogP contribution in [0.15, 0.2) is 6.07 Å². The van der Waals surface area contributed by atoms with E-state index in [1.807, 2.05) is 6.92 Å². The fraction of sp³-hybridized carbons (Fsp3) is 0.692. The van der Waals surface area contributed by atoms with Crippen LogP contribution in [0, 0.1) is 6.92 Å². The quantitative estimate of drug-likeness (QED) is 0.763. The van der Waals surface area contributed by atoms with Gasteiger partial charge in [0.05, 0.1) is 6.54 Å². The zero-order valence-corrected chi connectivity index (χ0v) is 11.5. The number of fused-ring (bicyclic) bond motifs is 1. The highest BCUT2D eigenvalue weighted by Crippen LogP contribution is 2.22. The predicted molar refractivity (Wildman–Crippen MR) is 71.7 cm³/mol. The van der Waals surface area contributed by atoms with E-state index in [2.05, 4.69) is 19.8 Å². The van der Waals surface area contributed by atoms with Gasteiger partial charge >= 0.3 is 0 Å². The topological polar surface area (TPSA) is 32.3 Å². The van der Waals surface area contributed by atoms with E-state index < -0.39 is 0 Å². The second-order valence-electron chi connectivity index (χ2n) is 5.32. The highest BCUT2D eigenvalue weighted by molar-refractivity contribution is 6.29. The molecule has 0 aromatic carbocycles. The van der Waals surface area contributed by atoms with Crippen molar-refractivity contribution in [2.24, 2.45) is 0 Å². The Balaban J connectivity index is 1.65. The van der Waals surface area contributed by atoms with Crippen molar-refractivity contribution >= 4 is 11.6 Å². The molecule has 98 valence electrons. The molecule has 0 radical (unpaired) electrons. The summed E-state index contributed by atoms with van der Waals surface area (Å²) in [6.45, 7) is 7.52. The Morgan fingerprint density at radius 3 is 3.06 bits per heavy atom. The normalized spacial score (nSPS) is 25.3. The molecule has 0 aliphatic carbocycles. The lowest BCUT2D eigenvalue weighted by Gasteiger charge is -2.37. The Bertz CT molecular complexity index is 417. The molecule has 18 heavy (non-hydrogen) atoms. The summed E-state index contributed by atoms with van der Waals surface area (Å²) < 4.78 is 0. The molecule has 2 aliphatic rings. The molecule has 2 fully saturated rings. The van der Waals surface area contributed by atoms with E-state index in [0.717, 1.165) is 37.2 Å². The molecular formula is C13H19ClN4. The molecule has 1 unspecified atom stereocenters. The summed E-state index contributed by atoms with van der Waals surface area (Å²) in [5, 5.41) is 0.553. The molecule has 0 N–H and O–H groups in total. The number of piperazine rings is 1. The van der Waals surface area contributed by atoms with Crippen LogP contribution in [-0.4, -0.2) is 52.0 Å². The maximum atomic E-state index is 5.98. The maximum absolute atomic E-state index is 5.98. The number of hydrogen-bond acceptors (Lipinski definition) is 4. The smallest absolute Gasteiger partial charge is 0.144 e. The second-order valence-corrected chi connectivity index (χ2v) is 5.70. The third kappa shape index (κ3) is 2.66. The molecule has 2 saturated heterocycles. The van der Waals surface area contributed by atoms with Crippen LogP contribution in [-0.2, 0) is 6.54 Å². The summed E-state index contributed by atoms with van der Waals surface area (Å²) in [7, 11) is 0. The summed E-state index contributed by atoms with van der Waals surface area (Å²) in [4.78, 5) is 13.8. The van der Waals surface area contributed by atoms with E-state index in [1.165, 1.54) is 25.9 Å². The van der Waals surface area contributed by atoms with Gasteiger partial charge in [0.15, 0.2) is 0 Å². The van der Waals surface area contributed by atoms with Gasteiger partial charge in [-0.1, -0.05) is 11.6 Å². The summed E-state index contributed by atoms with van der Waals surface area (Å²) >= 11 is 5.98. The Morgan fingerprint density at radius 2 is 2.22 bits per heavy atom. The minimum Gasteiger partial charge on any atom is -0.298 e. The zero-order chi connectivity index (χ0) is 12.5. The van der Waals surface area contributed by atoms with E-state index in [-0.39, 0.29) is 0 Å². The average molecular weight is 267 g/mol. The van der Waals surface area contributed by atoms with Gasteiger partial charge in [-0.3, -0.25) is 9.80 Å². The predicted octanol–water partition coefficient (Wildman–Crippen LogP) is 1.72. The van der Waals surface area contributed by atoms with E-state index in [9.17, 15) is 0 Å². The first-order valence-electron chi connectivity index (χ1n) is 6.67. The van der Waals surface area contributed by atoms with Crippen molar-refractivity contribution in [3.8, 4) is 0 Å². The van der Waals surface area contributed by atoms with Gasteiger partial charge in [0, 0.05) is 31.4 Å². The molecule has 0 bridgehead atoms. The first-order valence-corrected chi connectivity index (χ1v) is 7.05. The van der Waals surface area contributed by atoms with Crippen LogP contribution in [0.3, 0.4) is 0 Å². The highest BCUT2D eigenvalue weighted by atomic mass is 35.5. The molecule has 0 amide bonds. The van der Waals surface area contributed by atoms with Crippen LogP contribution in [0.1, 0.15) is 24.4 Å². The van der Waals surface area contributed by atoms with Crippen LogP contribution >= 0.6 is 11.6 Å². The molecule has 1 aromatic rings. The zero-order valence-electron chi connectivity index (χ0n) is 10.8. The third-order valence-electron chi connectivity index (χ3n) is 3.91. The van der Waals surface area contributed by atoms with Gasteiger partial charge in [0.25, 0.3) is 0 Å². The van der Waals surface area contributed by atoms with E-state index in [4.69, 9.17) is 11.6 Å². The molecule has 5 heteroatoms. The van der Waals surface area contributed by atoms with Gasteiger partial charge in [-0.25, -0.2) is 9.97 Å². The number of halogens is 1. The molecule has 0 spiro atoms. The lowest BCUT2D eigenvalue weighted by atomic mass is 10.1. The van der Waals surface area contributed by atoms with Crippen LogP contribution in [0.4, 0.5) is 0 Å². The Kier molecular flexibility index (Phi) is 3.50. The minimum absolute atomic E-state index is 0.553. The van der Waals surface area contributed by atoms with Gasteiger partial charge < -0.3 is 0 Å². The van der Waals surface area contributed by atoms with E-state index in [1.54, 1.807) is 6.07 Å². The fourth-order valence-corrected chi connectivity index (χ4v) is 3.31. The standard InChI is InChI=1S/C13H19ClN4/c1-10-7-12(14)16-13(15-10)9-17-5-6-18-4-2-3-11(18)8-17/h7,11H,2-6,8-9H2,1H3. The lowest BCUT2D eigenvalue weighted by Crippen LogP contribution is -2.49. The summed E-state index contributed by atoms with van der Waals surface area (Å²) in [6.07, 6.45) is 2.69. The van der Waals surface area contributed by atoms with Crippen LogP contribution in [0.2, 0.25) is 5.15 Å². The lowest BCUT2D eigenvalue weighted by molar-refractivity contribution is 0.0974. The number of aryl methyl sites for hydroxylation is 1. The maximum Gasteiger partial charge on any atom is 0.144 e. The summed E-state index contributed by atoms with van der Waals surface area (Å²) in [5.74, 6) is 0.853. The molecule has 1 aromatic heterocycles. The molecule has 3 heterocycles. The van der Waals surface area contributed by atoms with Gasteiger partial charge in [-0.15, -0.1) is 0 Å². The van der Waals surface area contributed by atoms with Gasteiger partial charge in [0.2, 0.25) is 0 Å². The molecule has 1 atom stereocenters. The summed E-state index contributed by atoms with van der Waals surface area (Å²) in [6, 6.07) is 2.55. The Hall–Kier alpha value is -0.710. The van der Waals surface area contributed by atoms with Crippen LogP contribution in [0.25, 0.3) is 0 Å². The fourth-order valence-electron chi connectivity index (χ4n) is 3.06. The van der Waals surface area contributed by atoms with Crippen molar-refractivity contribution in [3.05, 3.63) is 22.7 Å². The SMILES string of the molecule is Cc1cc(Cl)nc(CN2CCN3CCCC3C2)n1. The van der Waals surface area contributed by atoms with Crippen molar-refractivity contribution in [3.63, 3.8) is 0 Å². The van der Waals surface area contributed by atoms with E-state index in [0.29, 0.717) is 5.15 Å².